The number of amides is 2. The number of hydrogen-bond acceptors (Lipinski definition) is 5. The Morgan fingerprint density at radius 2 is 1.62 bits per heavy atom. The SMILES string of the molecule is CC(C)NC(=O)C1CCN(C(C)C(=O)Nc2ccc(N3CCOCC3)cc2)CC1. The fourth-order valence-corrected chi connectivity index (χ4v) is 3.94. The number of carbonyl (C=O) groups excluding carboxylic acids is 2. The minimum Gasteiger partial charge on any atom is -0.378 e. The molecule has 0 radical (unpaired) electrons. The standard InChI is InChI=1S/C22H34N4O3/c1-16(2)23-22(28)18-8-10-25(11-9-18)17(3)21(27)24-19-4-6-20(7-5-19)26-12-14-29-15-13-26/h4-7,16-18H,8-15H2,1-3H3,(H,23,28)(H,24,27). The first-order valence-electron chi connectivity index (χ1n) is 10.7. The molecule has 1 atom stereocenters. The first-order chi connectivity index (χ1) is 13.9. The summed E-state index contributed by atoms with van der Waals surface area (Å²) in [6.07, 6.45) is 1.59. The van der Waals surface area contributed by atoms with E-state index >= 15 is 0 Å². The molecule has 1 unspecified atom stereocenters. The van der Waals surface area contributed by atoms with Gasteiger partial charge in [0.25, 0.3) is 0 Å². The first kappa shape index (κ1) is 21.6. The molecular formula is C22H34N4O3. The Labute approximate surface area is 173 Å². The van der Waals surface area contributed by atoms with Crippen LogP contribution in [-0.4, -0.2) is 68.2 Å². The number of carbonyl (C=O) groups is 2. The summed E-state index contributed by atoms with van der Waals surface area (Å²) in [6, 6.07) is 7.95. The van der Waals surface area contributed by atoms with Crippen LogP contribution in [0.1, 0.15) is 33.6 Å². The predicted octanol–water partition coefficient (Wildman–Crippen LogP) is 2.09. The number of nitrogens with zero attached hydrogens (tertiary/aromatic N) is 2. The van der Waals surface area contributed by atoms with Gasteiger partial charge in [-0.2, -0.15) is 0 Å². The van der Waals surface area contributed by atoms with Crippen LogP contribution in [0, 0.1) is 5.92 Å². The van der Waals surface area contributed by atoms with Crippen molar-refractivity contribution >= 4 is 23.2 Å². The van der Waals surface area contributed by atoms with Crippen LogP contribution in [0.4, 0.5) is 11.4 Å². The summed E-state index contributed by atoms with van der Waals surface area (Å²) in [7, 11) is 0. The van der Waals surface area contributed by atoms with Gasteiger partial charge in [0.05, 0.1) is 19.3 Å². The molecule has 2 amide bonds. The highest BCUT2D eigenvalue weighted by molar-refractivity contribution is 5.94. The smallest absolute Gasteiger partial charge is 0.241 e. The normalized spacial score (nSPS) is 19.8. The minimum absolute atomic E-state index is 0.00537. The second-order valence-corrected chi connectivity index (χ2v) is 8.29. The molecule has 2 fully saturated rings. The lowest BCUT2D eigenvalue weighted by Gasteiger charge is -2.35. The summed E-state index contributed by atoms with van der Waals surface area (Å²) in [5, 5.41) is 6.02. The topological polar surface area (TPSA) is 73.9 Å². The number of likely N-dealkylation sites (tertiary alicyclic amines) is 1. The molecule has 0 bridgehead atoms. The Bertz CT molecular complexity index is 678. The summed E-state index contributed by atoms with van der Waals surface area (Å²) >= 11 is 0. The number of piperidine rings is 1. The van der Waals surface area contributed by atoms with E-state index in [1.165, 1.54) is 0 Å². The molecule has 2 heterocycles. The average molecular weight is 403 g/mol. The molecule has 160 valence electrons. The van der Waals surface area contributed by atoms with E-state index in [1.807, 2.05) is 45.0 Å². The maximum atomic E-state index is 12.7. The molecule has 0 aromatic heterocycles. The van der Waals surface area contributed by atoms with Crippen LogP contribution in [0.25, 0.3) is 0 Å². The van der Waals surface area contributed by atoms with Crippen molar-refractivity contribution in [3.63, 3.8) is 0 Å². The van der Waals surface area contributed by atoms with Gasteiger partial charge < -0.3 is 20.3 Å². The molecule has 7 nitrogen and oxygen atoms in total. The summed E-state index contributed by atoms with van der Waals surface area (Å²) in [6.45, 7) is 10.7. The molecular weight excluding hydrogens is 368 g/mol. The summed E-state index contributed by atoms with van der Waals surface area (Å²) < 4.78 is 5.39. The van der Waals surface area contributed by atoms with E-state index in [4.69, 9.17) is 4.74 Å². The van der Waals surface area contributed by atoms with E-state index < -0.39 is 0 Å². The molecule has 2 N–H and O–H groups in total. The van der Waals surface area contributed by atoms with Gasteiger partial charge in [-0.1, -0.05) is 0 Å². The third-order valence-electron chi connectivity index (χ3n) is 5.77. The Morgan fingerprint density at radius 3 is 2.21 bits per heavy atom. The van der Waals surface area contributed by atoms with Gasteiger partial charge in [0.15, 0.2) is 0 Å². The highest BCUT2D eigenvalue weighted by Gasteiger charge is 2.30. The molecule has 1 aromatic carbocycles. The predicted molar refractivity (Wildman–Crippen MR) is 115 cm³/mol. The second-order valence-electron chi connectivity index (χ2n) is 8.29. The number of benzene rings is 1. The number of rotatable bonds is 6. The third kappa shape index (κ3) is 5.93. The Kier molecular flexibility index (Phi) is 7.50. The van der Waals surface area contributed by atoms with Crippen molar-refractivity contribution in [3.05, 3.63) is 24.3 Å². The number of ether oxygens (including phenoxy) is 1. The summed E-state index contributed by atoms with van der Waals surface area (Å²) in [5.41, 5.74) is 1.96. The second kappa shape index (κ2) is 10.1. The molecule has 0 spiro atoms. The first-order valence-corrected chi connectivity index (χ1v) is 10.7. The molecule has 3 rings (SSSR count). The quantitative estimate of drug-likeness (QED) is 0.762. The monoisotopic (exact) mass is 402 g/mol. The van der Waals surface area contributed by atoms with Gasteiger partial charge in [-0.15, -0.1) is 0 Å². The zero-order valence-electron chi connectivity index (χ0n) is 17.8. The van der Waals surface area contributed by atoms with E-state index in [2.05, 4.69) is 20.4 Å². The van der Waals surface area contributed by atoms with Crippen molar-refractivity contribution in [2.45, 2.75) is 45.7 Å². The van der Waals surface area contributed by atoms with Gasteiger partial charge in [-0.05, 0) is 71.0 Å². The Hall–Kier alpha value is -2.12. The molecule has 2 saturated heterocycles. The fourth-order valence-electron chi connectivity index (χ4n) is 3.94. The van der Waals surface area contributed by atoms with Crippen molar-refractivity contribution in [2.24, 2.45) is 5.92 Å². The summed E-state index contributed by atoms with van der Waals surface area (Å²) in [5.74, 6) is 0.183. The van der Waals surface area contributed by atoms with E-state index in [-0.39, 0.29) is 29.8 Å². The molecule has 2 aliphatic rings. The van der Waals surface area contributed by atoms with Crippen molar-refractivity contribution < 1.29 is 14.3 Å². The van der Waals surface area contributed by atoms with Crippen LogP contribution in [0.15, 0.2) is 24.3 Å². The lowest BCUT2D eigenvalue weighted by Crippen LogP contribution is -2.48. The van der Waals surface area contributed by atoms with Gasteiger partial charge in [-0.25, -0.2) is 0 Å². The molecule has 29 heavy (non-hydrogen) atoms. The highest BCUT2D eigenvalue weighted by Crippen LogP contribution is 2.22. The van der Waals surface area contributed by atoms with Crippen molar-refractivity contribution in [3.8, 4) is 0 Å². The fraction of sp³-hybridized carbons (Fsp3) is 0.636. The van der Waals surface area contributed by atoms with Gasteiger partial charge in [0, 0.05) is 36.4 Å². The van der Waals surface area contributed by atoms with E-state index in [9.17, 15) is 9.59 Å². The maximum Gasteiger partial charge on any atom is 0.241 e. The average Bonchev–Trinajstić information content (AvgIpc) is 2.74. The van der Waals surface area contributed by atoms with E-state index in [1.54, 1.807) is 0 Å². The zero-order chi connectivity index (χ0) is 20.8. The van der Waals surface area contributed by atoms with Gasteiger partial charge in [-0.3, -0.25) is 14.5 Å². The van der Waals surface area contributed by atoms with Crippen LogP contribution < -0.4 is 15.5 Å². The van der Waals surface area contributed by atoms with Crippen molar-refractivity contribution in [2.75, 3.05) is 49.6 Å². The molecule has 2 aliphatic heterocycles. The summed E-state index contributed by atoms with van der Waals surface area (Å²) in [4.78, 5) is 29.3. The zero-order valence-corrected chi connectivity index (χ0v) is 17.8. The van der Waals surface area contributed by atoms with Gasteiger partial charge >= 0.3 is 0 Å². The number of anilines is 2. The number of morpholine rings is 1. The molecule has 7 heteroatoms. The van der Waals surface area contributed by atoms with Crippen LogP contribution in [0.5, 0.6) is 0 Å². The minimum atomic E-state index is -0.219. The van der Waals surface area contributed by atoms with Crippen LogP contribution in [0.3, 0.4) is 0 Å². The van der Waals surface area contributed by atoms with Gasteiger partial charge in [0.1, 0.15) is 0 Å². The Balaban J connectivity index is 1.47. The number of nitrogens with one attached hydrogen (secondary N) is 2. The molecule has 0 aliphatic carbocycles. The highest BCUT2D eigenvalue weighted by atomic mass is 16.5. The maximum absolute atomic E-state index is 12.7. The van der Waals surface area contributed by atoms with Gasteiger partial charge in [0.2, 0.25) is 11.8 Å². The molecule has 1 aromatic rings. The molecule has 0 saturated carbocycles. The van der Waals surface area contributed by atoms with Crippen LogP contribution >= 0.6 is 0 Å². The lowest BCUT2D eigenvalue weighted by atomic mass is 9.94. The van der Waals surface area contributed by atoms with Crippen molar-refractivity contribution in [1.29, 1.82) is 0 Å². The van der Waals surface area contributed by atoms with Crippen molar-refractivity contribution in [1.82, 2.24) is 10.2 Å². The van der Waals surface area contributed by atoms with Crippen LogP contribution in [0.2, 0.25) is 0 Å². The lowest BCUT2D eigenvalue weighted by molar-refractivity contribution is -0.127. The largest absolute Gasteiger partial charge is 0.378 e. The third-order valence-corrected chi connectivity index (χ3v) is 5.77. The van der Waals surface area contributed by atoms with E-state index in [0.717, 1.165) is 63.6 Å². The number of hydrogen-bond donors (Lipinski definition) is 2. The van der Waals surface area contributed by atoms with E-state index in [0.29, 0.717) is 0 Å². The van der Waals surface area contributed by atoms with Crippen LogP contribution in [-0.2, 0) is 14.3 Å². The Morgan fingerprint density at radius 1 is 1.00 bits per heavy atom.